The average Bonchev–Trinajstić information content (AvgIpc) is 3.02. The van der Waals surface area contributed by atoms with Crippen molar-refractivity contribution in [3.8, 4) is 0 Å². The summed E-state index contributed by atoms with van der Waals surface area (Å²) in [5, 5.41) is 3.50. The maximum atomic E-state index is 4.79. The number of hydrogen-bond acceptors (Lipinski definition) is 3. The molecule has 1 heterocycles. The van der Waals surface area contributed by atoms with Gasteiger partial charge in [0, 0.05) is 4.90 Å². The molecule has 4 heteroatoms. The maximum Gasteiger partial charge on any atom is 0.204 e. The molecule has 0 bridgehead atoms. The summed E-state index contributed by atoms with van der Waals surface area (Å²) in [7, 11) is 0. The standard InChI is InChI=1S/C22H21N3S/c1-17-11-13-19(14-12-17)26-16-23-22-24-20-9-5-6-10-21(20)25(22)15-18-7-3-2-4-8-18/h2-14H,15-16H2,1H3,(H,23,24). The summed E-state index contributed by atoms with van der Waals surface area (Å²) in [6, 6.07) is 27.4. The first-order valence-corrected chi connectivity index (χ1v) is 9.71. The summed E-state index contributed by atoms with van der Waals surface area (Å²) in [5.41, 5.74) is 4.72. The molecule has 0 saturated heterocycles. The lowest BCUT2D eigenvalue weighted by Gasteiger charge is -2.11. The monoisotopic (exact) mass is 359 g/mol. The van der Waals surface area contributed by atoms with Gasteiger partial charge in [0.15, 0.2) is 0 Å². The van der Waals surface area contributed by atoms with Crippen LogP contribution in [-0.4, -0.2) is 15.4 Å². The van der Waals surface area contributed by atoms with Crippen LogP contribution in [0.25, 0.3) is 11.0 Å². The molecule has 3 nitrogen and oxygen atoms in total. The molecule has 0 saturated carbocycles. The van der Waals surface area contributed by atoms with E-state index < -0.39 is 0 Å². The lowest BCUT2D eigenvalue weighted by atomic mass is 10.2. The van der Waals surface area contributed by atoms with Gasteiger partial charge in [0.1, 0.15) is 0 Å². The minimum Gasteiger partial charge on any atom is -0.346 e. The van der Waals surface area contributed by atoms with Gasteiger partial charge in [0.05, 0.1) is 23.5 Å². The van der Waals surface area contributed by atoms with Crippen LogP contribution in [0, 0.1) is 6.92 Å². The van der Waals surface area contributed by atoms with Gasteiger partial charge in [-0.3, -0.25) is 0 Å². The van der Waals surface area contributed by atoms with Crippen molar-refractivity contribution >= 4 is 28.7 Å². The Morgan fingerprint density at radius 3 is 2.42 bits per heavy atom. The molecule has 4 aromatic rings. The zero-order chi connectivity index (χ0) is 17.8. The van der Waals surface area contributed by atoms with E-state index in [2.05, 4.69) is 83.5 Å². The van der Waals surface area contributed by atoms with Gasteiger partial charge in [0.2, 0.25) is 5.95 Å². The Morgan fingerprint density at radius 2 is 1.62 bits per heavy atom. The zero-order valence-electron chi connectivity index (χ0n) is 14.7. The molecule has 1 aromatic heterocycles. The normalized spacial score (nSPS) is 11.0. The van der Waals surface area contributed by atoms with Gasteiger partial charge in [-0.25, -0.2) is 4.98 Å². The zero-order valence-corrected chi connectivity index (χ0v) is 15.5. The van der Waals surface area contributed by atoms with Crippen LogP contribution in [0.2, 0.25) is 0 Å². The van der Waals surface area contributed by atoms with Gasteiger partial charge in [-0.15, -0.1) is 11.8 Å². The van der Waals surface area contributed by atoms with E-state index >= 15 is 0 Å². The SMILES string of the molecule is Cc1ccc(SCNc2nc3ccccc3n2Cc2ccccc2)cc1. The number of para-hydroxylation sites is 2. The smallest absolute Gasteiger partial charge is 0.204 e. The topological polar surface area (TPSA) is 29.9 Å². The van der Waals surface area contributed by atoms with Crippen LogP contribution in [0.5, 0.6) is 0 Å². The van der Waals surface area contributed by atoms with Crippen molar-refractivity contribution in [3.63, 3.8) is 0 Å². The molecule has 0 fully saturated rings. The van der Waals surface area contributed by atoms with Crippen LogP contribution < -0.4 is 5.32 Å². The number of hydrogen-bond donors (Lipinski definition) is 1. The molecule has 0 radical (unpaired) electrons. The number of nitrogens with one attached hydrogen (secondary N) is 1. The lowest BCUT2D eigenvalue weighted by molar-refractivity contribution is 0.831. The van der Waals surface area contributed by atoms with E-state index in [9.17, 15) is 0 Å². The first kappa shape index (κ1) is 16.7. The van der Waals surface area contributed by atoms with Crippen molar-refractivity contribution in [3.05, 3.63) is 90.0 Å². The molecule has 4 rings (SSSR count). The minimum atomic E-state index is 0.779. The molecule has 0 atom stereocenters. The van der Waals surface area contributed by atoms with Crippen molar-refractivity contribution in [2.45, 2.75) is 18.4 Å². The van der Waals surface area contributed by atoms with Gasteiger partial charge in [0.25, 0.3) is 0 Å². The number of thioether (sulfide) groups is 1. The Hall–Kier alpha value is -2.72. The Balaban J connectivity index is 1.55. The van der Waals surface area contributed by atoms with Gasteiger partial charge >= 0.3 is 0 Å². The highest BCUT2D eigenvalue weighted by molar-refractivity contribution is 7.99. The predicted molar refractivity (Wildman–Crippen MR) is 111 cm³/mol. The first-order valence-electron chi connectivity index (χ1n) is 8.72. The number of rotatable bonds is 6. The Morgan fingerprint density at radius 1 is 0.885 bits per heavy atom. The van der Waals surface area contributed by atoms with Crippen molar-refractivity contribution < 1.29 is 0 Å². The lowest BCUT2D eigenvalue weighted by Crippen LogP contribution is -2.08. The first-order chi connectivity index (χ1) is 12.8. The molecule has 0 aliphatic heterocycles. The minimum absolute atomic E-state index is 0.779. The van der Waals surface area contributed by atoms with Crippen LogP contribution >= 0.6 is 11.8 Å². The molecule has 3 aromatic carbocycles. The summed E-state index contributed by atoms with van der Waals surface area (Å²) in [6.07, 6.45) is 0. The fourth-order valence-corrected chi connectivity index (χ4v) is 3.65. The van der Waals surface area contributed by atoms with E-state index in [0.717, 1.165) is 29.4 Å². The summed E-state index contributed by atoms with van der Waals surface area (Å²) in [6.45, 7) is 2.91. The molecule has 26 heavy (non-hydrogen) atoms. The number of nitrogens with zero attached hydrogens (tertiary/aromatic N) is 2. The summed E-state index contributed by atoms with van der Waals surface area (Å²) < 4.78 is 2.25. The molecule has 1 N–H and O–H groups in total. The highest BCUT2D eigenvalue weighted by atomic mass is 32.2. The van der Waals surface area contributed by atoms with Crippen LogP contribution in [0.4, 0.5) is 5.95 Å². The fraction of sp³-hybridized carbons (Fsp3) is 0.136. The van der Waals surface area contributed by atoms with E-state index in [1.807, 2.05) is 12.1 Å². The van der Waals surface area contributed by atoms with E-state index in [1.54, 1.807) is 11.8 Å². The van der Waals surface area contributed by atoms with Crippen molar-refractivity contribution in [2.75, 3.05) is 11.2 Å². The maximum absolute atomic E-state index is 4.79. The third kappa shape index (κ3) is 3.75. The van der Waals surface area contributed by atoms with E-state index in [1.165, 1.54) is 16.0 Å². The third-order valence-corrected chi connectivity index (χ3v) is 5.22. The van der Waals surface area contributed by atoms with E-state index in [0.29, 0.717) is 0 Å². The highest BCUT2D eigenvalue weighted by Gasteiger charge is 2.10. The van der Waals surface area contributed by atoms with Crippen molar-refractivity contribution in [1.82, 2.24) is 9.55 Å². The second-order valence-corrected chi connectivity index (χ2v) is 7.32. The molecule has 0 amide bonds. The average molecular weight is 359 g/mol. The second kappa shape index (κ2) is 7.67. The number of benzene rings is 3. The predicted octanol–water partition coefficient (Wildman–Crippen LogP) is 5.55. The van der Waals surface area contributed by atoms with Crippen LogP contribution in [0.1, 0.15) is 11.1 Å². The van der Waals surface area contributed by atoms with Gasteiger partial charge < -0.3 is 9.88 Å². The Labute approximate surface area is 158 Å². The molecular formula is C22H21N3S. The number of imidazole rings is 1. The van der Waals surface area contributed by atoms with Crippen molar-refractivity contribution in [2.24, 2.45) is 0 Å². The molecule has 130 valence electrons. The number of fused-ring (bicyclic) bond motifs is 1. The van der Waals surface area contributed by atoms with Crippen molar-refractivity contribution in [1.29, 1.82) is 0 Å². The van der Waals surface area contributed by atoms with E-state index in [4.69, 9.17) is 4.98 Å². The van der Waals surface area contributed by atoms with Gasteiger partial charge in [-0.05, 0) is 36.8 Å². The summed E-state index contributed by atoms with van der Waals surface area (Å²) in [5.74, 6) is 1.69. The summed E-state index contributed by atoms with van der Waals surface area (Å²) in [4.78, 5) is 6.05. The molecule has 0 unspecified atom stereocenters. The second-order valence-electron chi connectivity index (χ2n) is 6.27. The van der Waals surface area contributed by atoms with Gasteiger partial charge in [-0.1, -0.05) is 60.2 Å². The van der Waals surface area contributed by atoms with Gasteiger partial charge in [-0.2, -0.15) is 0 Å². The van der Waals surface area contributed by atoms with Crippen LogP contribution in [0.3, 0.4) is 0 Å². The number of aromatic nitrogens is 2. The van der Waals surface area contributed by atoms with Crippen LogP contribution in [-0.2, 0) is 6.54 Å². The molecule has 0 aliphatic carbocycles. The Bertz CT molecular complexity index is 991. The fourth-order valence-electron chi connectivity index (χ4n) is 2.95. The molecule has 0 aliphatic rings. The number of aryl methyl sites for hydroxylation is 1. The molecular weight excluding hydrogens is 338 g/mol. The quantitative estimate of drug-likeness (QED) is 0.361. The summed E-state index contributed by atoms with van der Waals surface area (Å²) >= 11 is 1.78. The Kier molecular flexibility index (Phi) is 4.93. The number of anilines is 1. The molecule has 0 spiro atoms. The van der Waals surface area contributed by atoms with E-state index in [-0.39, 0.29) is 0 Å². The largest absolute Gasteiger partial charge is 0.346 e. The highest BCUT2D eigenvalue weighted by Crippen LogP contribution is 2.23. The van der Waals surface area contributed by atoms with Crippen LogP contribution in [0.15, 0.2) is 83.8 Å². The third-order valence-electron chi connectivity index (χ3n) is 4.33.